The van der Waals surface area contributed by atoms with E-state index < -0.39 is 11.6 Å². The molecular formula is C13H19N5O2. The molecule has 7 nitrogen and oxygen atoms in total. The van der Waals surface area contributed by atoms with Gasteiger partial charge in [-0.3, -0.25) is 14.3 Å². The predicted octanol–water partition coefficient (Wildman–Crippen LogP) is -0.169. The number of hydrogen-bond acceptors (Lipinski definition) is 4. The van der Waals surface area contributed by atoms with Crippen LogP contribution in [0.25, 0.3) is 0 Å². The van der Waals surface area contributed by atoms with Crippen molar-refractivity contribution in [3.05, 3.63) is 12.2 Å². The van der Waals surface area contributed by atoms with Gasteiger partial charge in [0.15, 0.2) is 0 Å². The Labute approximate surface area is 117 Å². The molecule has 1 N–H and O–H groups in total. The van der Waals surface area contributed by atoms with E-state index in [-0.39, 0.29) is 17.7 Å². The van der Waals surface area contributed by atoms with E-state index in [4.69, 9.17) is 0 Å². The second-order valence-electron chi connectivity index (χ2n) is 5.87. The molecule has 2 aliphatic rings. The fourth-order valence-corrected chi connectivity index (χ4v) is 2.79. The number of nitrogens with zero attached hydrogens (tertiary/aromatic N) is 4. The Balaban J connectivity index is 1.89. The van der Waals surface area contributed by atoms with Gasteiger partial charge in [0.1, 0.15) is 23.7 Å². The van der Waals surface area contributed by atoms with Crippen LogP contribution in [-0.2, 0) is 23.2 Å². The molecule has 108 valence electrons. The zero-order chi connectivity index (χ0) is 14.5. The fourth-order valence-electron chi connectivity index (χ4n) is 2.79. The molecule has 1 aromatic heterocycles. The predicted molar refractivity (Wildman–Crippen MR) is 70.3 cm³/mol. The highest BCUT2D eigenvalue weighted by Crippen LogP contribution is 2.42. The maximum atomic E-state index is 12.8. The molecule has 1 saturated heterocycles. The summed E-state index contributed by atoms with van der Waals surface area (Å²) in [7, 11) is 1.78. The first-order chi connectivity index (χ1) is 9.43. The lowest BCUT2D eigenvalue weighted by Crippen LogP contribution is -2.69. The third kappa shape index (κ3) is 1.88. The van der Waals surface area contributed by atoms with Crippen molar-refractivity contribution in [1.82, 2.24) is 25.0 Å². The van der Waals surface area contributed by atoms with Gasteiger partial charge in [-0.15, -0.1) is 0 Å². The van der Waals surface area contributed by atoms with E-state index in [1.165, 1.54) is 6.33 Å². The highest BCUT2D eigenvalue weighted by atomic mass is 16.2. The van der Waals surface area contributed by atoms with Crippen LogP contribution in [0.4, 0.5) is 0 Å². The highest BCUT2D eigenvalue weighted by molar-refractivity contribution is 5.99. The van der Waals surface area contributed by atoms with Gasteiger partial charge >= 0.3 is 0 Å². The van der Waals surface area contributed by atoms with Crippen molar-refractivity contribution in [2.45, 2.75) is 44.8 Å². The normalized spacial score (nSPS) is 30.6. The molecule has 2 amide bonds. The fraction of sp³-hybridized carbons (Fsp3) is 0.692. The summed E-state index contributed by atoms with van der Waals surface area (Å²) >= 11 is 0. The smallest absolute Gasteiger partial charge is 0.249 e. The first-order valence-corrected chi connectivity index (χ1v) is 6.89. The molecule has 2 unspecified atom stereocenters. The molecule has 1 aromatic rings. The lowest BCUT2D eigenvalue weighted by atomic mass is 9.89. The van der Waals surface area contributed by atoms with Crippen molar-refractivity contribution >= 4 is 11.8 Å². The summed E-state index contributed by atoms with van der Waals surface area (Å²) in [6.07, 6.45) is 3.44. The maximum Gasteiger partial charge on any atom is 0.249 e. The number of carbonyl (C=O) groups excluding carboxylic acids is 2. The minimum atomic E-state index is -0.762. The Bertz CT molecular complexity index is 565. The van der Waals surface area contributed by atoms with Gasteiger partial charge in [-0.1, -0.05) is 0 Å². The van der Waals surface area contributed by atoms with Gasteiger partial charge in [-0.25, -0.2) is 4.98 Å². The molecule has 0 bridgehead atoms. The SMILES string of the molecule is CC1C(=O)NC(C)(C2CC2)C(=O)N1Cc1ncnn1C. The van der Waals surface area contributed by atoms with Crippen LogP contribution in [0.2, 0.25) is 0 Å². The summed E-state index contributed by atoms with van der Waals surface area (Å²) in [5.41, 5.74) is -0.762. The van der Waals surface area contributed by atoms with Crippen molar-refractivity contribution in [1.29, 1.82) is 0 Å². The zero-order valence-electron chi connectivity index (χ0n) is 12.0. The van der Waals surface area contributed by atoms with Crippen LogP contribution in [0, 0.1) is 5.92 Å². The highest BCUT2D eigenvalue weighted by Gasteiger charge is 2.54. The number of amides is 2. The Morgan fingerprint density at radius 2 is 2.15 bits per heavy atom. The second kappa shape index (κ2) is 4.29. The van der Waals surface area contributed by atoms with Gasteiger partial charge in [0.25, 0.3) is 0 Å². The summed E-state index contributed by atoms with van der Waals surface area (Å²) in [6.45, 7) is 3.89. The number of aromatic nitrogens is 3. The van der Waals surface area contributed by atoms with Crippen LogP contribution in [-0.4, -0.2) is 43.1 Å². The maximum absolute atomic E-state index is 12.8. The Kier molecular flexibility index (Phi) is 2.81. The lowest BCUT2D eigenvalue weighted by molar-refractivity contribution is -0.155. The van der Waals surface area contributed by atoms with Gasteiger partial charge < -0.3 is 10.2 Å². The average molecular weight is 277 g/mol. The van der Waals surface area contributed by atoms with Crippen LogP contribution in [0.3, 0.4) is 0 Å². The Morgan fingerprint density at radius 3 is 2.70 bits per heavy atom. The van der Waals surface area contributed by atoms with Gasteiger partial charge in [0.05, 0.1) is 6.54 Å². The van der Waals surface area contributed by atoms with Crippen molar-refractivity contribution in [3.8, 4) is 0 Å². The monoisotopic (exact) mass is 277 g/mol. The molecule has 0 radical (unpaired) electrons. The summed E-state index contributed by atoms with van der Waals surface area (Å²) in [5.74, 6) is 0.822. The van der Waals surface area contributed by atoms with Gasteiger partial charge in [0.2, 0.25) is 11.8 Å². The van der Waals surface area contributed by atoms with Crippen molar-refractivity contribution in [2.24, 2.45) is 13.0 Å². The number of piperazine rings is 1. The van der Waals surface area contributed by atoms with Crippen molar-refractivity contribution < 1.29 is 9.59 Å². The van der Waals surface area contributed by atoms with E-state index >= 15 is 0 Å². The summed E-state index contributed by atoms with van der Waals surface area (Å²) in [5, 5.41) is 6.91. The quantitative estimate of drug-likeness (QED) is 0.832. The minimum absolute atomic E-state index is 0.0184. The van der Waals surface area contributed by atoms with Gasteiger partial charge in [-0.2, -0.15) is 5.10 Å². The number of rotatable bonds is 3. The topological polar surface area (TPSA) is 80.1 Å². The molecule has 2 fully saturated rings. The number of aryl methyl sites for hydroxylation is 1. The Hall–Kier alpha value is -1.92. The average Bonchev–Trinajstić information content (AvgIpc) is 3.18. The number of nitrogens with one attached hydrogen (secondary N) is 1. The molecule has 3 rings (SSSR count). The molecule has 20 heavy (non-hydrogen) atoms. The summed E-state index contributed by atoms with van der Waals surface area (Å²) in [4.78, 5) is 30.7. The third-order valence-electron chi connectivity index (χ3n) is 4.45. The Morgan fingerprint density at radius 1 is 1.45 bits per heavy atom. The second-order valence-corrected chi connectivity index (χ2v) is 5.87. The van der Waals surface area contributed by atoms with E-state index in [9.17, 15) is 9.59 Å². The van der Waals surface area contributed by atoms with Crippen molar-refractivity contribution in [3.63, 3.8) is 0 Å². The number of hydrogen-bond donors (Lipinski definition) is 1. The van der Waals surface area contributed by atoms with E-state index in [0.29, 0.717) is 12.4 Å². The molecule has 7 heteroatoms. The molecule has 0 aromatic carbocycles. The summed E-state index contributed by atoms with van der Waals surface area (Å²) in [6, 6.07) is -0.481. The molecule has 1 aliphatic carbocycles. The number of carbonyl (C=O) groups is 2. The van der Waals surface area contributed by atoms with Crippen LogP contribution in [0.15, 0.2) is 6.33 Å². The van der Waals surface area contributed by atoms with E-state index in [2.05, 4.69) is 15.4 Å². The largest absolute Gasteiger partial charge is 0.340 e. The third-order valence-corrected chi connectivity index (χ3v) is 4.45. The molecule has 1 saturated carbocycles. The zero-order valence-corrected chi connectivity index (χ0v) is 12.0. The minimum Gasteiger partial charge on any atom is -0.340 e. The molecule has 1 aliphatic heterocycles. The van der Waals surface area contributed by atoms with E-state index in [1.807, 2.05) is 6.92 Å². The summed E-state index contributed by atoms with van der Waals surface area (Å²) < 4.78 is 1.63. The van der Waals surface area contributed by atoms with E-state index in [0.717, 1.165) is 12.8 Å². The van der Waals surface area contributed by atoms with Crippen LogP contribution >= 0.6 is 0 Å². The molecule has 0 spiro atoms. The van der Waals surface area contributed by atoms with Crippen molar-refractivity contribution in [2.75, 3.05) is 0 Å². The van der Waals surface area contributed by atoms with Gasteiger partial charge in [0, 0.05) is 7.05 Å². The standard InChI is InChI=1S/C13H19N5O2/c1-8-11(19)16-13(2,9-4-5-9)12(20)18(8)6-10-14-7-15-17(10)3/h7-9H,4-6H2,1-3H3,(H,16,19). The van der Waals surface area contributed by atoms with Crippen LogP contribution < -0.4 is 5.32 Å². The molecule has 2 heterocycles. The molecular weight excluding hydrogens is 258 g/mol. The first-order valence-electron chi connectivity index (χ1n) is 6.89. The molecule has 2 atom stereocenters. The first kappa shape index (κ1) is 13.1. The lowest BCUT2D eigenvalue weighted by Gasteiger charge is -2.43. The van der Waals surface area contributed by atoms with Gasteiger partial charge in [-0.05, 0) is 32.6 Å². The van der Waals surface area contributed by atoms with E-state index in [1.54, 1.807) is 23.6 Å². The van der Waals surface area contributed by atoms with Crippen LogP contribution in [0.5, 0.6) is 0 Å². The van der Waals surface area contributed by atoms with Crippen LogP contribution in [0.1, 0.15) is 32.5 Å².